The number of halogens is 1. The second-order valence-electron chi connectivity index (χ2n) is 6.69. The van der Waals surface area contributed by atoms with E-state index in [9.17, 15) is 14.4 Å². The lowest BCUT2D eigenvalue weighted by molar-refractivity contribution is -0.144. The first-order valence-electron chi connectivity index (χ1n) is 9.58. The van der Waals surface area contributed by atoms with Gasteiger partial charge in [-0.1, -0.05) is 35.9 Å². The highest BCUT2D eigenvalue weighted by Crippen LogP contribution is 2.33. The van der Waals surface area contributed by atoms with Crippen LogP contribution >= 0.6 is 23.4 Å². The summed E-state index contributed by atoms with van der Waals surface area (Å²) >= 11 is 7.60. The van der Waals surface area contributed by atoms with Crippen molar-refractivity contribution in [3.05, 3.63) is 59.6 Å². The van der Waals surface area contributed by atoms with Gasteiger partial charge in [-0.05, 0) is 35.7 Å². The molecule has 0 spiro atoms. The fourth-order valence-corrected chi connectivity index (χ4v) is 4.22. The Kier molecular flexibility index (Phi) is 7.97. The Morgan fingerprint density at radius 1 is 1.03 bits per heavy atom. The number of thioether (sulfide) groups is 1. The summed E-state index contributed by atoms with van der Waals surface area (Å²) in [6, 6.07) is 16.1. The van der Waals surface area contributed by atoms with E-state index in [1.165, 1.54) is 25.8 Å². The molecule has 3 rings (SSSR count). The summed E-state index contributed by atoms with van der Waals surface area (Å²) in [5.74, 6) is -0.879. The van der Waals surface area contributed by atoms with Gasteiger partial charge in [-0.25, -0.2) is 0 Å². The van der Waals surface area contributed by atoms with Gasteiger partial charge in [0.15, 0.2) is 6.61 Å². The highest BCUT2D eigenvalue weighted by Gasteiger charge is 2.13. The van der Waals surface area contributed by atoms with Crippen LogP contribution in [-0.2, 0) is 19.1 Å². The van der Waals surface area contributed by atoms with Gasteiger partial charge < -0.3 is 20.1 Å². The molecule has 0 unspecified atom stereocenters. The quantitative estimate of drug-likeness (QED) is 0.363. The minimum absolute atomic E-state index is 0.0267. The van der Waals surface area contributed by atoms with Gasteiger partial charge in [0.1, 0.15) is 5.75 Å². The van der Waals surface area contributed by atoms with Gasteiger partial charge >= 0.3 is 5.97 Å². The first-order valence-corrected chi connectivity index (χ1v) is 10.9. The Labute approximate surface area is 194 Å². The smallest absolute Gasteiger partial charge is 0.316 e. The van der Waals surface area contributed by atoms with Gasteiger partial charge in [0.2, 0.25) is 5.91 Å². The standard InChI is InChI=1S/C23H21ClN2O5S/c1-14(27)25-16-9-10-19(30-2)18(11-16)26-21(28)12-31-22(29)13-32-20-8-4-6-15-5-3-7-17(24)23(15)20/h3-11H,12-13H2,1-2H3,(H,25,27)(H,26,28). The van der Waals surface area contributed by atoms with Crippen molar-refractivity contribution in [2.75, 3.05) is 30.1 Å². The molecule has 2 N–H and O–H groups in total. The first kappa shape index (κ1) is 23.4. The molecule has 9 heteroatoms. The van der Waals surface area contributed by atoms with Crippen molar-refractivity contribution >= 4 is 63.3 Å². The summed E-state index contributed by atoms with van der Waals surface area (Å²) in [5, 5.41) is 7.70. The molecular weight excluding hydrogens is 452 g/mol. The topological polar surface area (TPSA) is 93.7 Å². The van der Waals surface area contributed by atoms with Gasteiger partial charge in [-0.15, -0.1) is 11.8 Å². The second-order valence-corrected chi connectivity index (χ2v) is 8.11. The van der Waals surface area contributed by atoms with Crippen molar-refractivity contribution < 1.29 is 23.9 Å². The normalized spacial score (nSPS) is 10.5. The van der Waals surface area contributed by atoms with Crippen molar-refractivity contribution in [1.82, 2.24) is 0 Å². The maximum atomic E-state index is 12.3. The number of rotatable bonds is 8. The summed E-state index contributed by atoms with van der Waals surface area (Å²) in [6.45, 7) is 0.926. The molecule has 0 aromatic heterocycles. The number of nitrogens with one attached hydrogen (secondary N) is 2. The zero-order valence-corrected chi connectivity index (χ0v) is 19.0. The van der Waals surface area contributed by atoms with Gasteiger partial charge in [-0.3, -0.25) is 14.4 Å². The van der Waals surface area contributed by atoms with E-state index in [4.69, 9.17) is 21.1 Å². The SMILES string of the molecule is COc1ccc(NC(C)=O)cc1NC(=O)COC(=O)CSc1cccc2cccc(Cl)c12. The molecule has 0 saturated heterocycles. The maximum absolute atomic E-state index is 12.3. The largest absolute Gasteiger partial charge is 0.495 e. The molecule has 0 aliphatic heterocycles. The van der Waals surface area contributed by atoms with Crippen molar-refractivity contribution in [3.63, 3.8) is 0 Å². The molecule has 0 bridgehead atoms. The molecule has 0 radical (unpaired) electrons. The number of anilines is 2. The lowest BCUT2D eigenvalue weighted by Crippen LogP contribution is -2.22. The minimum Gasteiger partial charge on any atom is -0.495 e. The van der Waals surface area contributed by atoms with Gasteiger partial charge in [-0.2, -0.15) is 0 Å². The maximum Gasteiger partial charge on any atom is 0.316 e. The molecule has 0 atom stereocenters. The average molecular weight is 473 g/mol. The van der Waals surface area contributed by atoms with E-state index in [1.807, 2.05) is 30.3 Å². The van der Waals surface area contributed by atoms with Gasteiger partial charge in [0.05, 0.1) is 18.6 Å². The molecule has 0 aliphatic carbocycles. The fourth-order valence-electron chi connectivity index (χ4n) is 2.98. The van der Waals surface area contributed by atoms with E-state index in [1.54, 1.807) is 24.3 Å². The van der Waals surface area contributed by atoms with Crippen LogP contribution in [0, 0.1) is 0 Å². The number of ether oxygens (including phenoxy) is 2. The highest BCUT2D eigenvalue weighted by molar-refractivity contribution is 8.00. The van der Waals surface area contributed by atoms with E-state index < -0.39 is 18.5 Å². The van der Waals surface area contributed by atoms with Gasteiger partial charge in [0.25, 0.3) is 5.91 Å². The van der Waals surface area contributed by atoms with Crippen LogP contribution in [0.3, 0.4) is 0 Å². The molecule has 7 nitrogen and oxygen atoms in total. The summed E-state index contributed by atoms with van der Waals surface area (Å²) in [4.78, 5) is 36.5. The monoisotopic (exact) mass is 472 g/mol. The molecule has 0 aliphatic rings. The zero-order valence-electron chi connectivity index (χ0n) is 17.4. The Balaban J connectivity index is 1.56. The number of methoxy groups -OCH3 is 1. The highest BCUT2D eigenvalue weighted by atomic mass is 35.5. The average Bonchev–Trinajstić information content (AvgIpc) is 2.76. The Hall–Kier alpha value is -3.23. The number of carbonyl (C=O) groups is 3. The number of benzene rings is 3. The first-order chi connectivity index (χ1) is 15.4. The number of esters is 1. The third kappa shape index (κ3) is 6.15. The van der Waals surface area contributed by atoms with Crippen LogP contribution in [0.2, 0.25) is 5.02 Å². The molecule has 166 valence electrons. The summed E-state index contributed by atoms with van der Waals surface area (Å²) < 4.78 is 10.3. The van der Waals surface area contributed by atoms with Crippen LogP contribution in [-0.4, -0.2) is 37.3 Å². The van der Waals surface area contributed by atoms with Crippen LogP contribution in [0.5, 0.6) is 5.75 Å². The predicted molar refractivity (Wildman–Crippen MR) is 127 cm³/mol. The Bertz CT molecular complexity index is 1160. The minimum atomic E-state index is -0.534. The third-order valence-electron chi connectivity index (χ3n) is 4.32. The molecule has 32 heavy (non-hydrogen) atoms. The fraction of sp³-hybridized carbons (Fsp3) is 0.174. The van der Waals surface area contributed by atoms with Crippen molar-refractivity contribution in [3.8, 4) is 5.75 Å². The Morgan fingerprint density at radius 2 is 1.78 bits per heavy atom. The Morgan fingerprint density at radius 3 is 2.50 bits per heavy atom. The van der Waals surface area contributed by atoms with Crippen LogP contribution in [0.4, 0.5) is 11.4 Å². The summed E-state index contributed by atoms with van der Waals surface area (Å²) in [5.41, 5.74) is 0.843. The van der Waals surface area contributed by atoms with Crippen LogP contribution in [0.15, 0.2) is 59.5 Å². The zero-order chi connectivity index (χ0) is 23.1. The second kappa shape index (κ2) is 10.9. The van der Waals surface area contributed by atoms with Crippen molar-refractivity contribution in [1.29, 1.82) is 0 Å². The van der Waals surface area contributed by atoms with Crippen LogP contribution < -0.4 is 15.4 Å². The molecular formula is C23H21ClN2O5S. The lowest BCUT2D eigenvalue weighted by Gasteiger charge is -2.12. The van der Waals surface area contributed by atoms with E-state index in [2.05, 4.69) is 10.6 Å². The number of amides is 2. The van der Waals surface area contributed by atoms with Crippen molar-refractivity contribution in [2.24, 2.45) is 0 Å². The number of hydrogen-bond donors (Lipinski definition) is 2. The summed E-state index contributed by atoms with van der Waals surface area (Å²) in [6.07, 6.45) is 0. The number of carbonyl (C=O) groups excluding carboxylic acids is 3. The lowest BCUT2D eigenvalue weighted by atomic mass is 10.1. The number of fused-ring (bicyclic) bond motifs is 1. The molecule has 0 heterocycles. The summed E-state index contributed by atoms with van der Waals surface area (Å²) in [7, 11) is 1.46. The van der Waals surface area contributed by atoms with E-state index in [0.29, 0.717) is 22.1 Å². The van der Waals surface area contributed by atoms with Crippen molar-refractivity contribution in [2.45, 2.75) is 11.8 Å². The molecule has 2 amide bonds. The molecule has 0 fully saturated rings. The molecule has 0 saturated carbocycles. The molecule has 3 aromatic rings. The van der Waals surface area contributed by atoms with Gasteiger partial charge in [0, 0.05) is 27.9 Å². The van der Waals surface area contributed by atoms with E-state index >= 15 is 0 Å². The van der Waals surface area contributed by atoms with Crippen LogP contribution in [0.1, 0.15) is 6.92 Å². The molecule has 3 aromatic carbocycles. The predicted octanol–water partition coefficient (Wildman–Crippen LogP) is 4.73. The third-order valence-corrected chi connectivity index (χ3v) is 5.67. The van der Waals surface area contributed by atoms with Crippen LogP contribution in [0.25, 0.3) is 10.8 Å². The van der Waals surface area contributed by atoms with E-state index in [0.717, 1.165) is 15.7 Å². The van der Waals surface area contributed by atoms with E-state index in [-0.39, 0.29) is 11.7 Å². The number of hydrogen-bond acceptors (Lipinski definition) is 6.